The van der Waals surface area contributed by atoms with Gasteiger partial charge in [0.2, 0.25) is 0 Å². The molecule has 4 heteroatoms. The van der Waals surface area contributed by atoms with Gasteiger partial charge in [0, 0.05) is 13.8 Å². The first-order chi connectivity index (χ1) is 16.5. The van der Waals surface area contributed by atoms with Gasteiger partial charge in [-0.2, -0.15) is 0 Å². The van der Waals surface area contributed by atoms with E-state index in [9.17, 15) is 9.59 Å². The predicted octanol–water partition coefficient (Wildman–Crippen LogP) is 7.50. The number of hydrogen-bond acceptors (Lipinski definition) is 4. The van der Waals surface area contributed by atoms with E-state index < -0.39 is 6.10 Å². The van der Waals surface area contributed by atoms with Crippen LogP contribution in [0.4, 0.5) is 0 Å². The summed E-state index contributed by atoms with van der Waals surface area (Å²) in [5.41, 5.74) is 1.72. The molecule has 0 saturated heterocycles. The zero-order valence-corrected chi connectivity index (χ0v) is 23.4. The van der Waals surface area contributed by atoms with Crippen molar-refractivity contribution < 1.29 is 19.1 Å². The number of allylic oxidation sites excluding steroid dienone is 1. The highest BCUT2D eigenvalue weighted by atomic mass is 16.6. The molecule has 4 rings (SSSR count). The summed E-state index contributed by atoms with van der Waals surface area (Å²) in [7, 11) is 0. The van der Waals surface area contributed by atoms with E-state index in [1.54, 1.807) is 0 Å². The van der Waals surface area contributed by atoms with Gasteiger partial charge >= 0.3 is 11.9 Å². The van der Waals surface area contributed by atoms with Crippen LogP contribution in [0.1, 0.15) is 113 Å². The van der Waals surface area contributed by atoms with Crippen LogP contribution in [0.5, 0.6) is 0 Å². The Kier molecular flexibility index (Phi) is 7.80. The highest BCUT2D eigenvalue weighted by Crippen LogP contribution is 2.67. The summed E-state index contributed by atoms with van der Waals surface area (Å²) in [6, 6.07) is 0. The number of fused-ring (bicyclic) bond motifs is 5. The molecule has 0 radical (unpaired) electrons. The van der Waals surface area contributed by atoms with Crippen LogP contribution in [0.2, 0.25) is 0 Å². The standard InChI is InChI=1S/C31H50O4/c1-19(2)9-8-10-20(3)24-13-14-25-23-11-12-27-29(35-22(5)33)28(34-21(4)32)16-18-31(27,7)26(23)15-17-30(24,25)6/h12,19-20,23-26,28-29H,8-11,13-18H2,1-7H3/t20-,23+,24-,25-,26+,28-,29+,30+,31+/m1/s1. The molecule has 0 bridgehead atoms. The monoisotopic (exact) mass is 486 g/mol. The van der Waals surface area contributed by atoms with E-state index in [0.717, 1.165) is 48.9 Å². The first-order valence-electron chi connectivity index (χ1n) is 14.5. The van der Waals surface area contributed by atoms with Gasteiger partial charge in [-0.1, -0.05) is 60.0 Å². The Morgan fingerprint density at radius 3 is 2.31 bits per heavy atom. The smallest absolute Gasteiger partial charge is 0.303 e. The van der Waals surface area contributed by atoms with Gasteiger partial charge in [-0.3, -0.25) is 9.59 Å². The molecule has 3 fully saturated rings. The molecule has 0 spiro atoms. The Labute approximate surface area is 214 Å². The van der Waals surface area contributed by atoms with Crippen molar-refractivity contribution in [2.45, 2.75) is 125 Å². The molecule has 9 atom stereocenters. The summed E-state index contributed by atoms with van der Waals surface area (Å²) in [6.07, 6.45) is 13.9. The van der Waals surface area contributed by atoms with E-state index in [1.165, 1.54) is 64.4 Å². The van der Waals surface area contributed by atoms with Crippen LogP contribution in [0.15, 0.2) is 11.6 Å². The Bertz CT molecular complexity index is 830. The van der Waals surface area contributed by atoms with Gasteiger partial charge in [-0.25, -0.2) is 0 Å². The van der Waals surface area contributed by atoms with Crippen molar-refractivity contribution in [3.63, 3.8) is 0 Å². The Morgan fingerprint density at radius 2 is 1.66 bits per heavy atom. The van der Waals surface area contributed by atoms with Crippen LogP contribution < -0.4 is 0 Å². The minimum atomic E-state index is -0.429. The number of carbonyl (C=O) groups is 2. The highest BCUT2D eigenvalue weighted by molar-refractivity contribution is 5.68. The first kappa shape index (κ1) is 26.7. The number of rotatable bonds is 7. The molecule has 0 heterocycles. The Hall–Kier alpha value is -1.32. The summed E-state index contributed by atoms with van der Waals surface area (Å²) in [6.45, 7) is 15.2. The van der Waals surface area contributed by atoms with Crippen LogP contribution in [-0.4, -0.2) is 24.1 Å². The Balaban J connectivity index is 1.55. The van der Waals surface area contributed by atoms with Crippen LogP contribution in [-0.2, 0) is 19.1 Å². The molecule has 0 amide bonds. The predicted molar refractivity (Wildman–Crippen MR) is 140 cm³/mol. The molecule has 35 heavy (non-hydrogen) atoms. The minimum absolute atomic E-state index is 0.0297. The van der Waals surface area contributed by atoms with Crippen LogP contribution in [0, 0.1) is 46.3 Å². The fraction of sp³-hybridized carbons (Fsp3) is 0.871. The molecule has 4 aliphatic rings. The normalized spacial score (nSPS) is 41.3. The van der Waals surface area contributed by atoms with Gasteiger partial charge in [0.05, 0.1) is 0 Å². The zero-order chi connectivity index (χ0) is 25.5. The highest BCUT2D eigenvalue weighted by Gasteiger charge is 2.60. The number of carbonyl (C=O) groups excluding carboxylic acids is 2. The summed E-state index contributed by atoms with van der Waals surface area (Å²) in [4.78, 5) is 23.8. The van der Waals surface area contributed by atoms with E-state index in [1.807, 2.05) is 0 Å². The lowest BCUT2D eigenvalue weighted by molar-refractivity contribution is -0.170. The fourth-order valence-electron chi connectivity index (χ4n) is 9.36. The Morgan fingerprint density at radius 1 is 0.943 bits per heavy atom. The quantitative estimate of drug-likeness (QED) is 0.276. The van der Waals surface area contributed by atoms with Gasteiger partial charge in [0.1, 0.15) is 6.10 Å². The van der Waals surface area contributed by atoms with Crippen molar-refractivity contribution in [1.29, 1.82) is 0 Å². The maximum absolute atomic E-state index is 12.0. The van der Waals surface area contributed by atoms with Crippen LogP contribution >= 0.6 is 0 Å². The third kappa shape index (κ3) is 4.97. The lowest BCUT2D eigenvalue weighted by atomic mass is 9.46. The molecular formula is C31H50O4. The van der Waals surface area contributed by atoms with Crippen molar-refractivity contribution in [2.75, 3.05) is 0 Å². The van der Waals surface area contributed by atoms with Gasteiger partial charge in [0.25, 0.3) is 0 Å². The molecule has 198 valence electrons. The summed E-state index contributed by atoms with van der Waals surface area (Å²) in [5.74, 6) is 4.04. The number of ether oxygens (including phenoxy) is 2. The maximum atomic E-state index is 12.0. The molecule has 0 aromatic heterocycles. The second kappa shape index (κ2) is 10.2. The van der Waals surface area contributed by atoms with E-state index in [4.69, 9.17) is 9.47 Å². The topological polar surface area (TPSA) is 52.6 Å². The SMILES string of the molecule is CC(=O)O[C@@H]1CC[C@]2(C)C(=CC[C@H]3[C@H]4CC[C@H]([C@H](C)CCCC(C)C)[C@]4(C)CC[C@@H]32)[C@@H]1OC(C)=O. The van der Waals surface area contributed by atoms with E-state index in [0.29, 0.717) is 11.3 Å². The molecule has 4 nitrogen and oxygen atoms in total. The maximum Gasteiger partial charge on any atom is 0.303 e. The van der Waals surface area contributed by atoms with E-state index in [-0.39, 0.29) is 23.5 Å². The average Bonchev–Trinajstić information content (AvgIpc) is 3.12. The second-order valence-electron chi connectivity index (χ2n) is 13.4. The lowest BCUT2D eigenvalue weighted by Gasteiger charge is -2.59. The molecule has 0 unspecified atom stereocenters. The molecule has 0 N–H and O–H groups in total. The van der Waals surface area contributed by atoms with Gasteiger partial charge in [-0.05, 0) is 96.9 Å². The molecule has 4 aliphatic carbocycles. The molecule has 0 aromatic carbocycles. The summed E-state index contributed by atoms with van der Waals surface area (Å²) >= 11 is 0. The third-order valence-corrected chi connectivity index (χ3v) is 10.9. The van der Waals surface area contributed by atoms with Crippen molar-refractivity contribution in [3.05, 3.63) is 11.6 Å². The minimum Gasteiger partial charge on any atom is -0.458 e. The van der Waals surface area contributed by atoms with Gasteiger partial charge in [-0.15, -0.1) is 0 Å². The first-order valence-corrected chi connectivity index (χ1v) is 14.5. The third-order valence-electron chi connectivity index (χ3n) is 10.9. The van der Waals surface area contributed by atoms with Crippen molar-refractivity contribution >= 4 is 11.9 Å². The molecule has 0 aliphatic heterocycles. The van der Waals surface area contributed by atoms with Crippen molar-refractivity contribution in [3.8, 4) is 0 Å². The lowest BCUT2D eigenvalue weighted by Crippen LogP contribution is -2.55. The average molecular weight is 487 g/mol. The molecular weight excluding hydrogens is 436 g/mol. The molecule has 0 aromatic rings. The fourth-order valence-corrected chi connectivity index (χ4v) is 9.36. The van der Waals surface area contributed by atoms with Crippen molar-refractivity contribution in [2.24, 2.45) is 46.3 Å². The van der Waals surface area contributed by atoms with E-state index in [2.05, 4.69) is 40.7 Å². The van der Waals surface area contributed by atoms with Crippen LogP contribution in [0.25, 0.3) is 0 Å². The summed E-state index contributed by atoms with van der Waals surface area (Å²) in [5, 5.41) is 0. The van der Waals surface area contributed by atoms with E-state index >= 15 is 0 Å². The van der Waals surface area contributed by atoms with Crippen LogP contribution in [0.3, 0.4) is 0 Å². The second-order valence-corrected chi connectivity index (χ2v) is 13.4. The van der Waals surface area contributed by atoms with Gasteiger partial charge in [0.15, 0.2) is 6.10 Å². The number of hydrogen-bond donors (Lipinski definition) is 0. The van der Waals surface area contributed by atoms with Crippen molar-refractivity contribution in [1.82, 2.24) is 0 Å². The summed E-state index contributed by atoms with van der Waals surface area (Å²) < 4.78 is 11.5. The zero-order valence-electron chi connectivity index (χ0n) is 23.4. The number of esters is 2. The largest absolute Gasteiger partial charge is 0.458 e. The molecule has 3 saturated carbocycles. The van der Waals surface area contributed by atoms with Gasteiger partial charge < -0.3 is 9.47 Å².